The molecule has 0 saturated carbocycles. The van der Waals surface area contributed by atoms with Crippen molar-refractivity contribution >= 4 is 17.3 Å². The van der Waals surface area contributed by atoms with Gasteiger partial charge in [-0.05, 0) is 35.9 Å². The molecule has 0 bridgehead atoms. The number of benzene rings is 2. The molecule has 0 fully saturated rings. The highest BCUT2D eigenvalue weighted by Gasteiger charge is 2.33. The highest BCUT2D eigenvalue weighted by Crippen LogP contribution is 2.33. The van der Waals surface area contributed by atoms with E-state index in [0.717, 1.165) is 12.1 Å². The lowest BCUT2D eigenvalue weighted by atomic mass is 10.1. The van der Waals surface area contributed by atoms with E-state index in [1.54, 1.807) is 24.3 Å². The van der Waals surface area contributed by atoms with Crippen LogP contribution in [0, 0.1) is 5.82 Å². The lowest BCUT2D eigenvalue weighted by molar-refractivity contribution is -0.138. The van der Waals surface area contributed by atoms with Crippen molar-refractivity contribution in [2.24, 2.45) is 0 Å². The molecular formula is C14H10ClF4N. The van der Waals surface area contributed by atoms with Crippen LogP contribution in [0.3, 0.4) is 0 Å². The summed E-state index contributed by atoms with van der Waals surface area (Å²) in [6.45, 7) is -0.0739. The molecular weight excluding hydrogens is 294 g/mol. The summed E-state index contributed by atoms with van der Waals surface area (Å²) >= 11 is 5.78. The van der Waals surface area contributed by atoms with E-state index in [1.807, 2.05) is 0 Å². The molecule has 0 saturated heterocycles. The predicted octanol–water partition coefficient (Wildman–Crippen LogP) is 5.11. The van der Waals surface area contributed by atoms with Crippen molar-refractivity contribution in [1.29, 1.82) is 0 Å². The molecule has 2 aromatic carbocycles. The fraction of sp³-hybridized carbons (Fsp3) is 0.143. The van der Waals surface area contributed by atoms with Crippen molar-refractivity contribution in [2.45, 2.75) is 12.7 Å². The highest BCUT2D eigenvalue weighted by molar-refractivity contribution is 6.30. The van der Waals surface area contributed by atoms with Crippen molar-refractivity contribution in [3.05, 3.63) is 64.4 Å². The summed E-state index contributed by atoms with van der Waals surface area (Å²) in [6.07, 6.45) is -4.59. The first-order chi connectivity index (χ1) is 9.36. The van der Waals surface area contributed by atoms with Crippen molar-refractivity contribution in [2.75, 3.05) is 5.32 Å². The molecule has 0 aromatic heterocycles. The van der Waals surface area contributed by atoms with Gasteiger partial charge >= 0.3 is 6.18 Å². The van der Waals surface area contributed by atoms with Crippen LogP contribution in [0.1, 0.15) is 11.1 Å². The molecule has 6 heteroatoms. The Morgan fingerprint density at radius 2 is 1.80 bits per heavy atom. The van der Waals surface area contributed by atoms with Crippen molar-refractivity contribution < 1.29 is 17.6 Å². The molecule has 1 nitrogen and oxygen atoms in total. The SMILES string of the molecule is Fc1ccc(CNc2cccc(Cl)c2)c(C(F)(F)F)c1. The lowest BCUT2D eigenvalue weighted by Crippen LogP contribution is -2.12. The van der Waals surface area contributed by atoms with Gasteiger partial charge in [-0.25, -0.2) is 4.39 Å². The molecule has 0 spiro atoms. The standard InChI is InChI=1S/C14H10ClF4N/c15-10-2-1-3-12(6-10)20-8-9-4-5-11(16)7-13(9)14(17,18)19/h1-7,20H,8H2. The van der Waals surface area contributed by atoms with Crippen LogP contribution in [0.25, 0.3) is 0 Å². The summed E-state index contributed by atoms with van der Waals surface area (Å²) in [5, 5.41) is 3.30. The molecule has 106 valence electrons. The van der Waals surface area contributed by atoms with Crippen LogP contribution < -0.4 is 5.32 Å². The van der Waals surface area contributed by atoms with Gasteiger partial charge in [0, 0.05) is 17.3 Å². The van der Waals surface area contributed by atoms with E-state index in [0.29, 0.717) is 16.8 Å². The Hall–Kier alpha value is -1.75. The fourth-order valence-corrected chi connectivity index (χ4v) is 1.95. The number of anilines is 1. The molecule has 0 aliphatic heterocycles. The van der Waals surface area contributed by atoms with E-state index < -0.39 is 17.6 Å². The second-order valence-electron chi connectivity index (χ2n) is 4.16. The Morgan fingerprint density at radius 3 is 2.45 bits per heavy atom. The molecule has 0 unspecified atom stereocenters. The van der Waals surface area contributed by atoms with Gasteiger partial charge in [0.25, 0.3) is 0 Å². The second kappa shape index (κ2) is 5.71. The molecule has 0 aliphatic carbocycles. The predicted molar refractivity (Wildman–Crippen MR) is 70.2 cm³/mol. The third-order valence-corrected chi connectivity index (χ3v) is 2.92. The molecule has 20 heavy (non-hydrogen) atoms. The van der Waals surface area contributed by atoms with Gasteiger partial charge in [0.15, 0.2) is 0 Å². The van der Waals surface area contributed by atoms with Gasteiger partial charge in [-0.3, -0.25) is 0 Å². The van der Waals surface area contributed by atoms with E-state index in [4.69, 9.17) is 11.6 Å². The average molecular weight is 304 g/mol. The Labute approximate surface area is 118 Å². The highest BCUT2D eigenvalue weighted by atomic mass is 35.5. The van der Waals surface area contributed by atoms with Gasteiger partial charge in [0.2, 0.25) is 0 Å². The number of halogens is 5. The average Bonchev–Trinajstić information content (AvgIpc) is 2.36. The smallest absolute Gasteiger partial charge is 0.381 e. The normalized spacial score (nSPS) is 11.4. The first kappa shape index (κ1) is 14.7. The maximum absolute atomic E-state index is 13.0. The van der Waals surface area contributed by atoms with Gasteiger partial charge in [0.05, 0.1) is 5.56 Å². The van der Waals surface area contributed by atoms with E-state index >= 15 is 0 Å². The van der Waals surface area contributed by atoms with Crippen molar-refractivity contribution in [1.82, 2.24) is 0 Å². The van der Waals surface area contributed by atoms with Gasteiger partial charge in [-0.1, -0.05) is 23.7 Å². The molecule has 2 aromatic rings. The van der Waals surface area contributed by atoms with Gasteiger partial charge in [-0.2, -0.15) is 13.2 Å². The first-order valence-corrected chi connectivity index (χ1v) is 6.09. The molecule has 0 aliphatic rings. The van der Waals surface area contributed by atoms with Gasteiger partial charge < -0.3 is 5.32 Å². The number of hydrogen-bond acceptors (Lipinski definition) is 1. The summed E-state index contributed by atoms with van der Waals surface area (Å²) in [6, 6.07) is 9.24. The quantitative estimate of drug-likeness (QED) is 0.777. The zero-order valence-electron chi connectivity index (χ0n) is 10.1. The number of hydrogen-bond donors (Lipinski definition) is 1. The summed E-state index contributed by atoms with van der Waals surface area (Å²) in [5.74, 6) is -0.913. The minimum Gasteiger partial charge on any atom is -0.381 e. The minimum absolute atomic E-state index is 0.0288. The Morgan fingerprint density at radius 1 is 1.05 bits per heavy atom. The van der Waals surface area contributed by atoms with Crippen LogP contribution in [-0.4, -0.2) is 0 Å². The van der Waals surface area contributed by atoms with Crippen LogP contribution in [-0.2, 0) is 12.7 Å². The van der Waals surface area contributed by atoms with E-state index in [2.05, 4.69) is 5.32 Å². The van der Waals surface area contributed by atoms with E-state index in [-0.39, 0.29) is 12.1 Å². The molecule has 0 atom stereocenters. The zero-order chi connectivity index (χ0) is 14.8. The van der Waals surface area contributed by atoms with Gasteiger partial charge in [-0.15, -0.1) is 0 Å². The monoisotopic (exact) mass is 303 g/mol. The molecule has 0 amide bonds. The zero-order valence-corrected chi connectivity index (χ0v) is 10.9. The Kier molecular flexibility index (Phi) is 4.18. The van der Waals surface area contributed by atoms with Crippen LogP contribution in [0.5, 0.6) is 0 Å². The minimum atomic E-state index is -4.59. The summed E-state index contributed by atoms with van der Waals surface area (Å²) in [5.41, 5.74) is -0.416. The number of nitrogens with one attached hydrogen (secondary N) is 1. The Bertz CT molecular complexity index is 610. The molecule has 0 radical (unpaired) electrons. The van der Waals surface area contributed by atoms with Crippen LogP contribution in [0.4, 0.5) is 23.2 Å². The molecule has 2 rings (SSSR count). The van der Waals surface area contributed by atoms with Crippen LogP contribution in [0.15, 0.2) is 42.5 Å². The third-order valence-electron chi connectivity index (χ3n) is 2.68. The molecule has 1 N–H and O–H groups in total. The largest absolute Gasteiger partial charge is 0.416 e. The number of rotatable bonds is 3. The first-order valence-electron chi connectivity index (χ1n) is 5.71. The summed E-state index contributed by atoms with van der Waals surface area (Å²) < 4.78 is 51.4. The topological polar surface area (TPSA) is 12.0 Å². The summed E-state index contributed by atoms with van der Waals surface area (Å²) in [7, 11) is 0. The van der Waals surface area contributed by atoms with Crippen molar-refractivity contribution in [3.63, 3.8) is 0 Å². The molecule has 0 heterocycles. The maximum Gasteiger partial charge on any atom is 0.416 e. The second-order valence-corrected chi connectivity index (χ2v) is 4.60. The van der Waals surface area contributed by atoms with Gasteiger partial charge in [0.1, 0.15) is 5.82 Å². The lowest BCUT2D eigenvalue weighted by Gasteiger charge is -2.14. The fourth-order valence-electron chi connectivity index (χ4n) is 1.76. The van der Waals surface area contributed by atoms with Crippen LogP contribution >= 0.6 is 11.6 Å². The van der Waals surface area contributed by atoms with Crippen LogP contribution in [0.2, 0.25) is 5.02 Å². The third kappa shape index (κ3) is 3.63. The van der Waals surface area contributed by atoms with E-state index in [9.17, 15) is 17.6 Å². The Balaban J connectivity index is 2.21. The van der Waals surface area contributed by atoms with E-state index in [1.165, 1.54) is 0 Å². The maximum atomic E-state index is 13.0. The van der Waals surface area contributed by atoms with Crippen molar-refractivity contribution in [3.8, 4) is 0 Å². The summed E-state index contributed by atoms with van der Waals surface area (Å²) in [4.78, 5) is 0. The number of alkyl halides is 3.